The Labute approximate surface area is 194 Å². The number of aromatic nitrogens is 6. The van der Waals surface area contributed by atoms with Crippen LogP contribution in [0.25, 0.3) is 17.0 Å². The summed E-state index contributed by atoms with van der Waals surface area (Å²) in [6.07, 6.45) is 8.45. The molecule has 0 radical (unpaired) electrons. The van der Waals surface area contributed by atoms with Crippen molar-refractivity contribution >= 4 is 23.1 Å². The molecule has 0 saturated carbocycles. The van der Waals surface area contributed by atoms with E-state index in [0.29, 0.717) is 28.7 Å². The number of hydrogen-bond donors (Lipinski definition) is 1. The molecule has 168 valence electrons. The highest BCUT2D eigenvalue weighted by molar-refractivity contribution is 6.04. The number of pyridine rings is 1. The Morgan fingerprint density at radius 3 is 2.88 bits per heavy atom. The number of hydrogen-bond acceptors (Lipinski definition) is 8. The van der Waals surface area contributed by atoms with Crippen LogP contribution in [0.3, 0.4) is 0 Å². The Hall–Kier alpha value is -4.60. The molecule has 10 heteroatoms. The minimum atomic E-state index is -0.244. The first-order chi connectivity index (χ1) is 16.7. The highest BCUT2D eigenvalue weighted by Gasteiger charge is 2.33. The Morgan fingerprint density at radius 2 is 2.03 bits per heavy atom. The summed E-state index contributed by atoms with van der Waals surface area (Å²) in [5, 5.41) is 7.15. The minimum absolute atomic E-state index is 0.142. The third-order valence-corrected chi connectivity index (χ3v) is 5.94. The number of nitrogens with one attached hydrogen (secondary N) is 1. The number of rotatable bonds is 5. The Bertz CT molecular complexity index is 1490. The van der Waals surface area contributed by atoms with E-state index in [9.17, 15) is 4.79 Å². The van der Waals surface area contributed by atoms with E-state index in [1.807, 2.05) is 49.5 Å². The largest absolute Gasteiger partial charge is 0.354 e. The van der Waals surface area contributed by atoms with Crippen LogP contribution in [0.1, 0.15) is 27.9 Å². The smallest absolute Gasteiger partial charge is 0.274 e. The van der Waals surface area contributed by atoms with Crippen LogP contribution in [0, 0.1) is 6.92 Å². The summed E-state index contributed by atoms with van der Waals surface area (Å²) in [5.74, 6) is 1.81. The Morgan fingerprint density at radius 1 is 1.12 bits per heavy atom. The van der Waals surface area contributed by atoms with Crippen LogP contribution in [0.4, 0.5) is 11.5 Å². The molecule has 0 aliphatic carbocycles. The summed E-state index contributed by atoms with van der Waals surface area (Å²) in [4.78, 5) is 32.4. The van der Waals surface area contributed by atoms with Gasteiger partial charge in [0.2, 0.25) is 11.7 Å². The lowest BCUT2D eigenvalue weighted by Crippen LogP contribution is -2.45. The average molecular weight is 452 g/mol. The van der Waals surface area contributed by atoms with Gasteiger partial charge in [-0.3, -0.25) is 14.2 Å². The molecule has 5 aromatic rings. The zero-order valence-corrected chi connectivity index (χ0v) is 18.3. The van der Waals surface area contributed by atoms with Gasteiger partial charge in [0.05, 0.1) is 18.3 Å². The summed E-state index contributed by atoms with van der Waals surface area (Å²) in [5.41, 5.74) is 3.54. The van der Waals surface area contributed by atoms with Crippen LogP contribution in [-0.2, 0) is 0 Å². The molecule has 6 rings (SSSR count). The first-order valence-corrected chi connectivity index (χ1v) is 10.8. The van der Waals surface area contributed by atoms with E-state index in [0.717, 1.165) is 30.0 Å². The molecule has 1 fully saturated rings. The molecule has 10 nitrogen and oxygen atoms in total. The standard InChI is InChI=1S/C24H20N8O2/c1-15-5-6-16(10-18(15)28-23(33)19-11-27-20-4-2-3-9-32(19)20)22-29-24(34-30-22)17-13-31(14-17)21-12-25-7-8-26-21/h2-12,17H,13-14H2,1H3,(H,28,33). The van der Waals surface area contributed by atoms with Gasteiger partial charge in [-0.15, -0.1) is 0 Å². The average Bonchev–Trinajstić information content (AvgIpc) is 3.48. The first-order valence-electron chi connectivity index (χ1n) is 10.8. The van der Waals surface area contributed by atoms with Crippen LogP contribution in [0.15, 0.2) is 71.9 Å². The van der Waals surface area contributed by atoms with Gasteiger partial charge in [-0.05, 0) is 30.7 Å². The summed E-state index contributed by atoms with van der Waals surface area (Å²) in [7, 11) is 0. The van der Waals surface area contributed by atoms with Crippen molar-refractivity contribution in [3.8, 4) is 11.4 Å². The second-order valence-corrected chi connectivity index (χ2v) is 8.18. The van der Waals surface area contributed by atoms with Crippen LogP contribution in [-0.4, -0.2) is 48.5 Å². The van der Waals surface area contributed by atoms with E-state index in [1.165, 1.54) is 0 Å². The van der Waals surface area contributed by atoms with Crippen molar-refractivity contribution in [2.24, 2.45) is 0 Å². The molecule has 0 bridgehead atoms. The molecule has 1 amide bonds. The normalized spacial score (nSPS) is 13.7. The number of benzene rings is 1. The van der Waals surface area contributed by atoms with Crippen molar-refractivity contribution in [1.82, 2.24) is 29.5 Å². The Balaban J connectivity index is 1.19. The molecule has 0 atom stereocenters. The maximum atomic E-state index is 12.9. The van der Waals surface area contributed by atoms with Gasteiger partial charge < -0.3 is 14.7 Å². The fourth-order valence-corrected chi connectivity index (χ4v) is 3.98. The number of anilines is 2. The molecule has 1 aliphatic heterocycles. The van der Waals surface area contributed by atoms with Crippen LogP contribution >= 0.6 is 0 Å². The van der Waals surface area contributed by atoms with E-state index in [4.69, 9.17) is 4.52 Å². The number of amides is 1. The molecule has 1 aliphatic rings. The van der Waals surface area contributed by atoms with Gasteiger partial charge in [-0.25, -0.2) is 9.97 Å². The quantitative estimate of drug-likeness (QED) is 0.432. The van der Waals surface area contributed by atoms with Gasteiger partial charge >= 0.3 is 0 Å². The molecule has 0 unspecified atom stereocenters. The molecular formula is C24H20N8O2. The topological polar surface area (TPSA) is 114 Å². The van der Waals surface area contributed by atoms with Gasteiger partial charge in [-0.2, -0.15) is 4.98 Å². The lowest BCUT2D eigenvalue weighted by molar-refractivity contribution is 0.102. The van der Waals surface area contributed by atoms with Crippen LogP contribution in [0.5, 0.6) is 0 Å². The lowest BCUT2D eigenvalue weighted by Gasteiger charge is -2.37. The zero-order chi connectivity index (χ0) is 23.1. The molecular weight excluding hydrogens is 432 g/mol. The Kier molecular flexibility index (Phi) is 4.76. The van der Waals surface area contributed by atoms with Crippen molar-refractivity contribution in [3.05, 3.63) is 84.5 Å². The summed E-state index contributed by atoms with van der Waals surface area (Å²) >= 11 is 0. The van der Waals surface area contributed by atoms with Crippen molar-refractivity contribution in [1.29, 1.82) is 0 Å². The number of aryl methyl sites for hydroxylation is 1. The van der Waals surface area contributed by atoms with Gasteiger partial charge in [0, 0.05) is 42.9 Å². The fourth-order valence-electron chi connectivity index (χ4n) is 3.98. The van der Waals surface area contributed by atoms with E-state index in [1.54, 1.807) is 29.2 Å². The van der Waals surface area contributed by atoms with Crippen molar-refractivity contribution in [2.75, 3.05) is 23.3 Å². The highest BCUT2D eigenvalue weighted by Crippen LogP contribution is 2.31. The van der Waals surface area contributed by atoms with Crippen molar-refractivity contribution in [3.63, 3.8) is 0 Å². The van der Waals surface area contributed by atoms with Crippen LogP contribution in [0.2, 0.25) is 0 Å². The van der Waals surface area contributed by atoms with Gasteiger partial charge in [0.25, 0.3) is 5.91 Å². The fraction of sp³-hybridized carbons (Fsp3) is 0.167. The summed E-state index contributed by atoms with van der Waals surface area (Å²) < 4.78 is 7.30. The lowest BCUT2D eigenvalue weighted by atomic mass is 10.0. The third kappa shape index (κ3) is 3.54. The second kappa shape index (κ2) is 8.07. The number of carbonyl (C=O) groups is 1. The highest BCUT2D eigenvalue weighted by atomic mass is 16.5. The molecule has 4 aromatic heterocycles. The van der Waals surface area contributed by atoms with E-state index < -0.39 is 0 Å². The number of carbonyl (C=O) groups excluding carboxylic acids is 1. The van der Waals surface area contributed by atoms with E-state index in [-0.39, 0.29) is 11.8 Å². The molecule has 1 saturated heterocycles. The minimum Gasteiger partial charge on any atom is -0.354 e. The molecule has 0 spiro atoms. The second-order valence-electron chi connectivity index (χ2n) is 8.18. The van der Waals surface area contributed by atoms with Crippen molar-refractivity contribution in [2.45, 2.75) is 12.8 Å². The van der Waals surface area contributed by atoms with Gasteiger partial charge in [-0.1, -0.05) is 23.4 Å². The number of fused-ring (bicyclic) bond motifs is 1. The van der Waals surface area contributed by atoms with Gasteiger partial charge in [0.1, 0.15) is 17.2 Å². The number of nitrogens with zero attached hydrogens (tertiary/aromatic N) is 7. The number of imidazole rings is 1. The predicted octanol–water partition coefficient (Wildman–Crippen LogP) is 3.34. The third-order valence-electron chi connectivity index (χ3n) is 5.94. The molecule has 34 heavy (non-hydrogen) atoms. The molecule has 1 aromatic carbocycles. The zero-order valence-electron chi connectivity index (χ0n) is 18.3. The van der Waals surface area contributed by atoms with Gasteiger partial charge in [0.15, 0.2) is 0 Å². The van der Waals surface area contributed by atoms with Crippen molar-refractivity contribution < 1.29 is 9.32 Å². The monoisotopic (exact) mass is 452 g/mol. The maximum Gasteiger partial charge on any atom is 0.274 e. The molecule has 1 N–H and O–H groups in total. The van der Waals surface area contributed by atoms with E-state index >= 15 is 0 Å². The predicted molar refractivity (Wildman–Crippen MR) is 125 cm³/mol. The summed E-state index contributed by atoms with van der Waals surface area (Å²) in [6.45, 7) is 3.43. The SMILES string of the molecule is Cc1ccc(-c2noc(C3CN(c4cnccn4)C3)n2)cc1NC(=O)c1cnc2ccccn12. The first kappa shape index (κ1) is 20.0. The summed E-state index contributed by atoms with van der Waals surface area (Å²) in [6, 6.07) is 11.3. The maximum absolute atomic E-state index is 12.9. The van der Waals surface area contributed by atoms with Crippen LogP contribution < -0.4 is 10.2 Å². The van der Waals surface area contributed by atoms with E-state index in [2.05, 4.69) is 35.3 Å². The molecule has 5 heterocycles.